The van der Waals surface area contributed by atoms with Crippen molar-refractivity contribution < 1.29 is 23.6 Å². The van der Waals surface area contributed by atoms with Gasteiger partial charge in [0.1, 0.15) is 18.3 Å². The van der Waals surface area contributed by atoms with Crippen LogP contribution < -0.4 is 10.3 Å². The lowest BCUT2D eigenvalue weighted by molar-refractivity contribution is -0.563. The van der Waals surface area contributed by atoms with Crippen molar-refractivity contribution in [2.24, 2.45) is 10.8 Å². The van der Waals surface area contributed by atoms with Gasteiger partial charge in [-0.1, -0.05) is 29.4 Å². The van der Waals surface area contributed by atoms with Crippen LogP contribution in [0.15, 0.2) is 59.3 Å². The highest BCUT2D eigenvalue weighted by Gasteiger charge is 2.53. The number of nitro groups is 1. The SMILES string of the molecule is CC1=N[N+](C)(c2cccc(C(N)=O)c2C2([N+](=O)[O-])C=CC=CC2)C(F)=C1OC=O. The quantitative estimate of drug-likeness (QED) is 0.258. The molecule has 150 valence electrons. The zero-order valence-corrected chi connectivity index (χ0v) is 15.7. The van der Waals surface area contributed by atoms with Gasteiger partial charge in [0.15, 0.2) is 5.69 Å². The second kappa shape index (κ2) is 7.06. The first-order chi connectivity index (χ1) is 13.7. The second-order valence-electron chi connectivity index (χ2n) is 6.72. The number of benzene rings is 1. The number of ether oxygens (including phenoxy) is 1. The highest BCUT2D eigenvalue weighted by atomic mass is 19.1. The molecule has 1 heterocycles. The number of hydrogen-bond acceptors (Lipinski definition) is 6. The fourth-order valence-electron chi connectivity index (χ4n) is 3.66. The Kier molecular flexibility index (Phi) is 4.89. The molecule has 29 heavy (non-hydrogen) atoms. The van der Waals surface area contributed by atoms with Crippen molar-refractivity contribution >= 4 is 23.8 Å². The smallest absolute Gasteiger partial charge is 0.362 e. The predicted molar refractivity (Wildman–Crippen MR) is 103 cm³/mol. The number of amides is 1. The fourth-order valence-corrected chi connectivity index (χ4v) is 3.66. The summed E-state index contributed by atoms with van der Waals surface area (Å²) in [6.07, 6.45) is 5.97. The first kappa shape index (κ1) is 20.1. The number of primary amides is 1. The molecule has 0 fully saturated rings. The Hall–Kier alpha value is -3.66. The molecular weight excluding hydrogens is 383 g/mol. The van der Waals surface area contributed by atoms with E-state index in [2.05, 4.69) is 5.10 Å². The molecule has 0 spiro atoms. The molecule has 0 bridgehead atoms. The summed E-state index contributed by atoms with van der Waals surface area (Å²) in [5, 5.41) is 16.4. The highest BCUT2D eigenvalue weighted by Crippen LogP contribution is 2.46. The van der Waals surface area contributed by atoms with Crippen LogP contribution in [0.25, 0.3) is 0 Å². The fraction of sp³-hybridized carbons (Fsp3) is 0.211. The predicted octanol–water partition coefficient (Wildman–Crippen LogP) is 2.41. The van der Waals surface area contributed by atoms with Gasteiger partial charge >= 0.3 is 5.95 Å². The van der Waals surface area contributed by atoms with Crippen molar-refractivity contribution in [3.05, 3.63) is 75.5 Å². The van der Waals surface area contributed by atoms with E-state index >= 15 is 4.39 Å². The summed E-state index contributed by atoms with van der Waals surface area (Å²) < 4.78 is 19.1. The third kappa shape index (κ3) is 2.93. The summed E-state index contributed by atoms with van der Waals surface area (Å²) in [4.78, 5) is 34.5. The van der Waals surface area contributed by atoms with Crippen LogP contribution in [0.3, 0.4) is 0 Å². The molecule has 2 atom stereocenters. The van der Waals surface area contributed by atoms with Crippen LogP contribution >= 0.6 is 0 Å². The van der Waals surface area contributed by atoms with E-state index in [1.807, 2.05) is 0 Å². The van der Waals surface area contributed by atoms with Gasteiger partial charge < -0.3 is 10.5 Å². The van der Waals surface area contributed by atoms with Crippen molar-refractivity contribution in [1.82, 2.24) is 4.59 Å². The van der Waals surface area contributed by atoms with Gasteiger partial charge in [-0.2, -0.15) is 0 Å². The summed E-state index contributed by atoms with van der Waals surface area (Å²) in [6, 6.07) is 4.22. The Morgan fingerprint density at radius 1 is 1.45 bits per heavy atom. The first-order valence-electron chi connectivity index (χ1n) is 8.56. The van der Waals surface area contributed by atoms with Crippen LogP contribution in [0.2, 0.25) is 0 Å². The first-order valence-corrected chi connectivity index (χ1v) is 8.56. The van der Waals surface area contributed by atoms with E-state index in [0.717, 1.165) is 0 Å². The molecule has 2 aliphatic rings. The number of halogens is 1. The molecule has 1 aromatic rings. The Bertz CT molecular complexity index is 1050. The van der Waals surface area contributed by atoms with Crippen LogP contribution in [-0.4, -0.2) is 30.1 Å². The van der Waals surface area contributed by atoms with E-state index in [9.17, 15) is 19.7 Å². The van der Waals surface area contributed by atoms with E-state index < -0.39 is 26.9 Å². The molecule has 10 heteroatoms. The Morgan fingerprint density at radius 3 is 2.72 bits per heavy atom. The minimum absolute atomic E-state index is 0.0271. The Labute approximate surface area is 165 Å². The van der Waals surface area contributed by atoms with E-state index in [-0.39, 0.29) is 41.2 Å². The van der Waals surface area contributed by atoms with E-state index in [4.69, 9.17) is 10.5 Å². The summed E-state index contributed by atoms with van der Waals surface area (Å²) in [5.74, 6) is -2.23. The number of carbonyl (C=O) groups is 2. The van der Waals surface area contributed by atoms with E-state index in [1.165, 1.54) is 44.3 Å². The lowest BCUT2D eigenvalue weighted by atomic mass is 9.80. The monoisotopic (exact) mass is 401 g/mol. The lowest BCUT2D eigenvalue weighted by Gasteiger charge is -2.30. The Balaban J connectivity index is 2.39. The minimum Gasteiger partial charge on any atom is -0.417 e. The van der Waals surface area contributed by atoms with Crippen molar-refractivity contribution in [3.8, 4) is 0 Å². The number of hydrogen-bond donors (Lipinski definition) is 1. The highest BCUT2D eigenvalue weighted by molar-refractivity contribution is 6.01. The average Bonchev–Trinajstić information content (AvgIpc) is 2.92. The Morgan fingerprint density at radius 2 is 2.17 bits per heavy atom. The van der Waals surface area contributed by atoms with Gasteiger partial charge in [0.2, 0.25) is 5.91 Å². The maximum Gasteiger partial charge on any atom is 0.362 e. The van der Waals surface area contributed by atoms with E-state index in [0.29, 0.717) is 0 Å². The van der Waals surface area contributed by atoms with Crippen LogP contribution in [0, 0.1) is 10.1 Å². The van der Waals surface area contributed by atoms with E-state index in [1.54, 1.807) is 12.2 Å². The molecule has 0 aromatic heterocycles. The van der Waals surface area contributed by atoms with Crippen LogP contribution in [-0.2, 0) is 15.1 Å². The topological polar surface area (TPSA) is 125 Å². The molecule has 0 saturated heterocycles. The third-order valence-corrected chi connectivity index (χ3v) is 5.00. The summed E-state index contributed by atoms with van der Waals surface area (Å²) in [5.41, 5.74) is 3.57. The summed E-state index contributed by atoms with van der Waals surface area (Å²) >= 11 is 0. The summed E-state index contributed by atoms with van der Waals surface area (Å²) in [7, 11) is 1.33. The zero-order chi connectivity index (χ0) is 21.4. The van der Waals surface area contributed by atoms with Gasteiger partial charge in [0.05, 0.1) is 5.56 Å². The van der Waals surface area contributed by atoms with Gasteiger partial charge in [0, 0.05) is 17.4 Å². The molecule has 3 rings (SSSR count). The van der Waals surface area contributed by atoms with Crippen LogP contribution in [0.1, 0.15) is 29.3 Å². The minimum atomic E-state index is -1.85. The molecule has 0 saturated carbocycles. The molecule has 2 N–H and O–H groups in total. The molecule has 1 aromatic carbocycles. The third-order valence-electron chi connectivity index (χ3n) is 5.00. The van der Waals surface area contributed by atoms with Gasteiger partial charge in [-0.15, -0.1) is 8.98 Å². The number of carbonyl (C=O) groups excluding carboxylic acids is 2. The standard InChI is InChI=1S/C19H17FN4O5/c1-12-16(29-11-25)17(20)24(2,22-12)14-8-6-7-13(18(21)26)15(14)19(23(27)28)9-4-3-5-10-19/h3-9,11H,10H2,1-2H3,(H-,21,26)/p+1. The second-order valence-corrected chi connectivity index (χ2v) is 6.72. The van der Waals surface area contributed by atoms with Gasteiger partial charge in [-0.25, -0.2) is 0 Å². The summed E-state index contributed by atoms with van der Waals surface area (Å²) in [6.45, 7) is 1.50. The maximum atomic E-state index is 15.3. The normalized spacial score (nSPS) is 25.7. The van der Waals surface area contributed by atoms with Crippen molar-refractivity contribution in [2.45, 2.75) is 18.9 Å². The average molecular weight is 401 g/mol. The zero-order valence-electron chi connectivity index (χ0n) is 15.7. The number of nitrogens with zero attached hydrogens (tertiary/aromatic N) is 3. The molecule has 9 nitrogen and oxygen atoms in total. The molecule has 1 amide bonds. The lowest BCUT2D eigenvalue weighted by Crippen LogP contribution is -2.42. The number of quaternary nitrogens is 1. The number of allylic oxidation sites excluding steroid dienone is 3. The van der Waals surface area contributed by atoms with Crippen molar-refractivity contribution in [3.63, 3.8) is 0 Å². The maximum absolute atomic E-state index is 15.3. The van der Waals surface area contributed by atoms with Gasteiger partial charge in [0.25, 0.3) is 17.8 Å². The van der Waals surface area contributed by atoms with Crippen molar-refractivity contribution in [1.29, 1.82) is 0 Å². The molecule has 1 aliphatic carbocycles. The molecule has 0 radical (unpaired) electrons. The van der Waals surface area contributed by atoms with Gasteiger partial charge in [-0.3, -0.25) is 19.7 Å². The number of nitrogens with two attached hydrogens (primary N) is 1. The largest absolute Gasteiger partial charge is 0.417 e. The molecule has 1 aliphatic heterocycles. The van der Waals surface area contributed by atoms with Gasteiger partial charge in [-0.05, 0) is 19.1 Å². The number of rotatable bonds is 6. The molecule has 2 unspecified atom stereocenters. The van der Waals surface area contributed by atoms with Crippen LogP contribution in [0.5, 0.6) is 0 Å². The van der Waals surface area contributed by atoms with Crippen molar-refractivity contribution in [2.75, 3.05) is 7.05 Å². The molecular formula is C19H18FN4O5+. The van der Waals surface area contributed by atoms with Crippen LogP contribution in [0.4, 0.5) is 10.1 Å².